The van der Waals surface area contributed by atoms with Crippen LogP contribution in [0, 0.1) is 0 Å². The topological polar surface area (TPSA) is 0 Å². The third kappa shape index (κ3) is 1220. The van der Waals surface area contributed by atoms with E-state index in [1.165, 1.54) is 0 Å². The van der Waals surface area contributed by atoms with Gasteiger partial charge < -0.3 is 0 Å². The van der Waals surface area contributed by atoms with Gasteiger partial charge in [-0.25, -0.2) is 0 Å². The monoisotopic (exact) mass is 5550 g/mol. The SMILES string of the molecule is [V].[V].[V].[V].[V].[V].[V].[V].[V].[V].[V].[V].[V].[V].[V].[V].[V].[V].[V].[V].[V].[V].[V].[V].[V].[V].[V].[V].[V].[V].[V].[V].[V].[V].[V].[V].[V].[V].[V].[V].[V].[V].[V].[V].[V].[V].[V].[V].[V].[V].[V].[V].[V].[V].[V].[V].[V].[V].[V].[V].[V].[V].[V].[V].[V].[V].[V].[V].[V].[V].[V].[V].[V].[V].[V].[V].[V].[V].[V].[V].[V].[V].[V].[V].[V].[V].[V].[V].[V].[V].[V].[V].[V].[V].[V].[V].[V].[V].[V].[V].[V].[V].[V].[V].[V].[V].[V].[V].[V]. The van der Waals surface area contributed by atoms with Gasteiger partial charge in [0.05, 0.1) is 0 Å². The summed E-state index contributed by atoms with van der Waals surface area (Å²) in [4.78, 5) is 0. The molecule has 0 aromatic carbocycles. The molecule has 0 saturated carbocycles. The molecule has 109 heavy (non-hydrogen) atoms. The van der Waals surface area contributed by atoms with Crippen molar-refractivity contribution in [3.05, 3.63) is 0 Å². The maximum Gasteiger partial charge on any atom is 0 e. The number of rotatable bonds is 0. The Bertz CT molecular complexity index is 0. The Hall–Kier alpha value is 63.7. The zero-order valence-corrected chi connectivity index (χ0v) is 201. The predicted octanol–water partition coefficient (Wildman–Crippen LogP) is -0.273. The molecule has 0 rings (SSSR count). The molecule has 0 heterocycles. The van der Waals surface area contributed by atoms with E-state index in [1.54, 1.807) is 0 Å². The van der Waals surface area contributed by atoms with E-state index in [1.807, 2.05) is 0 Å². The Kier molecular flexibility index (Phi) is 14200. The second-order valence-electron chi connectivity index (χ2n) is 0. The van der Waals surface area contributed by atoms with Gasteiger partial charge in [-0.2, -0.15) is 0 Å². The van der Waals surface area contributed by atoms with Crippen molar-refractivity contribution < 1.29 is 2020 Å². The third-order valence-electron chi connectivity index (χ3n) is 0. The van der Waals surface area contributed by atoms with Crippen LogP contribution in [0.5, 0.6) is 0 Å². The summed E-state index contributed by atoms with van der Waals surface area (Å²) in [6.45, 7) is 0. The van der Waals surface area contributed by atoms with Crippen molar-refractivity contribution in [2.24, 2.45) is 0 Å². The summed E-state index contributed by atoms with van der Waals surface area (Å²) in [6, 6.07) is 0. The molecule has 0 atom stereocenters. The summed E-state index contributed by atoms with van der Waals surface area (Å²) in [7, 11) is 0. The Morgan fingerprint density at radius 1 is 0.00917 bits per heavy atom. The van der Waals surface area contributed by atoms with E-state index in [0.29, 0.717) is 0 Å². The van der Waals surface area contributed by atoms with E-state index >= 15 is 0 Å². The van der Waals surface area contributed by atoms with Crippen LogP contribution in [0.3, 0.4) is 0 Å². The van der Waals surface area contributed by atoms with Crippen LogP contribution < -0.4 is 0 Å². The minimum absolute atomic E-state index is 0. The fourth-order valence-electron chi connectivity index (χ4n) is 0. The van der Waals surface area contributed by atoms with E-state index in [9.17, 15) is 0 Å². The molecule has 0 aliphatic heterocycles. The minimum Gasteiger partial charge on any atom is 0 e. The average Bonchev–Trinajstić information content (AvgIpc) is 0. The molecule has 0 amide bonds. The zero-order chi connectivity index (χ0) is 0. The van der Waals surface area contributed by atoms with Gasteiger partial charge in [0.25, 0.3) is 0 Å². The van der Waals surface area contributed by atoms with Crippen molar-refractivity contribution in [1.82, 2.24) is 0 Å². The molecule has 109 radical (unpaired) electrons. The second kappa shape index (κ2) is 1230. The first-order chi connectivity index (χ1) is 0. The van der Waals surface area contributed by atoms with Crippen LogP contribution in [0.25, 0.3) is 0 Å². The van der Waals surface area contributed by atoms with Crippen LogP contribution in [0.15, 0.2) is 0 Å². The summed E-state index contributed by atoms with van der Waals surface area (Å²) >= 11 is 0. The molecule has 0 bridgehead atoms. The molecular formula is V109. The molecule has 0 saturated heterocycles. The fraction of sp³-hybridized carbons (Fsp3) is 0. The molecule has 545 valence electrons. The van der Waals surface area contributed by atoms with E-state index in [2.05, 4.69) is 0 Å². The second-order valence-corrected chi connectivity index (χ2v) is 0. The van der Waals surface area contributed by atoms with Crippen LogP contribution in [-0.2, 0) is 2020 Å². The maximum absolute atomic E-state index is 0. The first-order valence-corrected chi connectivity index (χ1v) is 0. The molecule has 0 N–H and O–H groups in total. The number of hydrogen-bond acceptors (Lipinski definition) is 0. The third-order valence-corrected chi connectivity index (χ3v) is 0. The van der Waals surface area contributed by atoms with Crippen molar-refractivity contribution in [3.8, 4) is 0 Å². The molecule has 109 heteroatoms. The van der Waals surface area contributed by atoms with Gasteiger partial charge in [-0.15, -0.1) is 0 Å². The van der Waals surface area contributed by atoms with Crippen molar-refractivity contribution in [3.63, 3.8) is 0 Å². The van der Waals surface area contributed by atoms with Crippen LogP contribution in [0.1, 0.15) is 0 Å². The summed E-state index contributed by atoms with van der Waals surface area (Å²) < 4.78 is 0. The van der Waals surface area contributed by atoms with Gasteiger partial charge in [-0.1, -0.05) is 0 Å². The summed E-state index contributed by atoms with van der Waals surface area (Å²) in [5, 5.41) is 0. The molecule has 0 unspecified atom stereocenters. The standard InChI is InChI=1S/109V. The molecule has 0 fully saturated rings. The van der Waals surface area contributed by atoms with Gasteiger partial charge in [-0.05, 0) is 0 Å². The first kappa shape index (κ1) is 1250. The Labute approximate surface area is 1960 Å². The quantitative estimate of drug-likeness (QED) is 0.314. The molecule has 0 aromatic rings. The van der Waals surface area contributed by atoms with Crippen molar-refractivity contribution in [1.29, 1.82) is 0 Å². The van der Waals surface area contributed by atoms with Gasteiger partial charge in [0, 0.05) is 2020 Å². The Morgan fingerprint density at radius 2 is 0.00917 bits per heavy atom. The maximum atomic E-state index is 0. The average molecular weight is 5550 g/mol. The van der Waals surface area contributed by atoms with Crippen LogP contribution >= 0.6 is 0 Å². The normalized spacial score (nSPS) is 0. The molecule has 0 aromatic heterocycles. The van der Waals surface area contributed by atoms with Gasteiger partial charge in [0.1, 0.15) is 0 Å². The summed E-state index contributed by atoms with van der Waals surface area (Å²) in [5.41, 5.74) is 0. The zero-order valence-electron chi connectivity index (χ0n) is 48.7. The Morgan fingerprint density at radius 3 is 0.00917 bits per heavy atom. The van der Waals surface area contributed by atoms with E-state index in [-0.39, 0.29) is 2020 Å². The molecular weight excluding hydrogens is 5550 g/mol. The number of hydrogen-bond donors (Lipinski definition) is 0. The van der Waals surface area contributed by atoms with Gasteiger partial charge in [-0.3, -0.25) is 0 Å². The summed E-state index contributed by atoms with van der Waals surface area (Å²) in [5.74, 6) is 0. The molecule has 0 nitrogen and oxygen atoms in total. The van der Waals surface area contributed by atoms with Crippen molar-refractivity contribution in [2.45, 2.75) is 0 Å². The van der Waals surface area contributed by atoms with Crippen molar-refractivity contribution >= 4 is 0 Å². The van der Waals surface area contributed by atoms with Crippen molar-refractivity contribution in [2.75, 3.05) is 0 Å². The van der Waals surface area contributed by atoms with E-state index < -0.39 is 0 Å². The van der Waals surface area contributed by atoms with Gasteiger partial charge in [0.15, 0.2) is 0 Å². The summed E-state index contributed by atoms with van der Waals surface area (Å²) in [6.07, 6.45) is 0. The Balaban J connectivity index is 0. The van der Waals surface area contributed by atoms with E-state index in [0.717, 1.165) is 0 Å². The van der Waals surface area contributed by atoms with Crippen LogP contribution in [-0.4, -0.2) is 0 Å². The molecule has 0 aliphatic rings. The van der Waals surface area contributed by atoms with Crippen LogP contribution in [0.4, 0.5) is 0 Å². The fourth-order valence-corrected chi connectivity index (χ4v) is 0. The first-order valence-electron chi connectivity index (χ1n) is 0. The van der Waals surface area contributed by atoms with Gasteiger partial charge >= 0.3 is 0 Å². The van der Waals surface area contributed by atoms with Gasteiger partial charge in [0.2, 0.25) is 0 Å². The largest absolute Gasteiger partial charge is 0 e. The molecule has 0 spiro atoms. The van der Waals surface area contributed by atoms with E-state index in [4.69, 9.17) is 0 Å². The minimum atomic E-state index is 0. The predicted molar refractivity (Wildman–Crippen MR) is 0 cm³/mol. The smallest absolute Gasteiger partial charge is 0 e. The molecule has 0 aliphatic carbocycles. The van der Waals surface area contributed by atoms with Crippen LogP contribution in [0.2, 0.25) is 0 Å².